The van der Waals surface area contributed by atoms with Crippen molar-refractivity contribution < 1.29 is 32.6 Å². The third-order valence-electron chi connectivity index (χ3n) is 2.25. The van der Waals surface area contributed by atoms with Crippen LogP contribution in [0.25, 0.3) is 0 Å². The van der Waals surface area contributed by atoms with Crippen molar-refractivity contribution in [2.45, 2.75) is 6.04 Å². The average Bonchev–Trinajstić information content (AvgIpc) is 2.40. The summed E-state index contributed by atoms with van der Waals surface area (Å²) < 4.78 is 31.9. The zero-order chi connectivity index (χ0) is 14.4. The van der Waals surface area contributed by atoms with E-state index in [1.54, 1.807) is 21.3 Å². The van der Waals surface area contributed by atoms with Crippen LogP contribution >= 0.6 is 0 Å². The Labute approximate surface area is 116 Å². The quantitative estimate of drug-likeness (QED) is 0.355. The first-order valence-electron chi connectivity index (χ1n) is 6.24. The van der Waals surface area contributed by atoms with Crippen LogP contribution in [0.4, 0.5) is 0 Å². The summed E-state index contributed by atoms with van der Waals surface area (Å²) in [7, 11) is 1.88. The van der Waals surface area contributed by atoms with Crippen molar-refractivity contribution in [3.8, 4) is 0 Å². The van der Waals surface area contributed by atoms with Gasteiger partial charge in [0.25, 0.3) is 0 Å². The highest BCUT2D eigenvalue weighted by atomic mass is 28.4. The fourth-order valence-electron chi connectivity index (χ4n) is 1.32. The molecule has 0 atom stereocenters. The fraction of sp³-hybridized carbons (Fsp3) is 1.00. The van der Waals surface area contributed by atoms with Crippen molar-refractivity contribution in [3.63, 3.8) is 0 Å². The number of hydrogen-bond acceptors (Lipinski definition) is 7. The lowest BCUT2D eigenvalue weighted by molar-refractivity contribution is 0.0122. The molecule has 0 saturated heterocycles. The van der Waals surface area contributed by atoms with E-state index < -0.39 is 8.80 Å². The van der Waals surface area contributed by atoms with Gasteiger partial charge in [0.2, 0.25) is 0 Å². The molecule has 0 heterocycles. The number of hydrogen-bond donors (Lipinski definition) is 1. The lowest BCUT2D eigenvalue weighted by Crippen LogP contribution is -2.48. The van der Waals surface area contributed by atoms with E-state index in [0.717, 1.165) is 0 Å². The van der Waals surface area contributed by atoms with Gasteiger partial charge in [-0.25, -0.2) is 0 Å². The maximum absolute atomic E-state index is 9.17. The van der Waals surface area contributed by atoms with Gasteiger partial charge < -0.3 is 32.6 Å². The zero-order valence-electron chi connectivity index (χ0n) is 12.1. The molecule has 0 spiro atoms. The molecular weight excluding hydrogens is 272 g/mol. The Bertz CT molecular complexity index is 167. The molecule has 0 unspecified atom stereocenters. The highest BCUT2D eigenvalue weighted by Gasteiger charge is 2.40. The molecular formula is C11H26O7Si. The molecule has 0 bridgehead atoms. The third kappa shape index (κ3) is 9.47. The minimum absolute atomic E-state index is 0.0564. The van der Waals surface area contributed by atoms with Crippen molar-refractivity contribution in [2.75, 3.05) is 67.6 Å². The summed E-state index contributed by atoms with van der Waals surface area (Å²) in [6.45, 7) is 2.37. The summed E-state index contributed by atoms with van der Waals surface area (Å²) in [5, 5.41) is 9.17. The fourth-order valence-corrected chi connectivity index (χ4v) is 3.46. The second kappa shape index (κ2) is 12.9. The van der Waals surface area contributed by atoms with E-state index in [1.807, 2.05) is 0 Å². The normalized spacial score (nSPS) is 12.0. The van der Waals surface area contributed by atoms with Crippen LogP contribution in [0.5, 0.6) is 0 Å². The molecule has 116 valence electrons. The van der Waals surface area contributed by atoms with Gasteiger partial charge in [0, 0.05) is 34.0 Å². The highest BCUT2D eigenvalue weighted by Crippen LogP contribution is 2.15. The Morgan fingerprint density at radius 2 is 1.05 bits per heavy atom. The van der Waals surface area contributed by atoms with Crippen LogP contribution in [0, 0.1) is 0 Å². The van der Waals surface area contributed by atoms with Gasteiger partial charge >= 0.3 is 8.80 Å². The van der Waals surface area contributed by atoms with Crippen LogP contribution in [0.1, 0.15) is 0 Å². The summed E-state index contributed by atoms with van der Waals surface area (Å²) in [5.74, 6) is 0. The van der Waals surface area contributed by atoms with E-state index in [4.69, 9.17) is 27.5 Å². The SMILES string of the molecule is COCCO[Si](CCO)(OCCOC)OCCOC. The Morgan fingerprint density at radius 1 is 0.684 bits per heavy atom. The molecule has 0 aliphatic carbocycles. The van der Waals surface area contributed by atoms with Gasteiger partial charge in [0.1, 0.15) is 0 Å². The molecule has 8 heteroatoms. The highest BCUT2D eigenvalue weighted by molar-refractivity contribution is 6.60. The number of ether oxygens (including phenoxy) is 3. The molecule has 1 N–H and O–H groups in total. The zero-order valence-corrected chi connectivity index (χ0v) is 13.1. The molecule has 0 aromatic carbocycles. The minimum atomic E-state index is -2.90. The van der Waals surface area contributed by atoms with E-state index in [-0.39, 0.29) is 6.61 Å². The van der Waals surface area contributed by atoms with Gasteiger partial charge in [-0.15, -0.1) is 0 Å². The molecule has 0 rings (SSSR count). The van der Waals surface area contributed by atoms with E-state index >= 15 is 0 Å². The van der Waals surface area contributed by atoms with Crippen molar-refractivity contribution >= 4 is 8.80 Å². The lowest BCUT2D eigenvalue weighted by Gasteiger charge is -2.29. The molecule has 19 heavy (non-hydrogen) atoms. The molecule has 0 aliphatic rings. The van der Waals surface area contributed by atoms with Crippen LogP contribution in [0.2, 0.25) is 6.04 Å². The van der Waals surface area contributed by atoms with Gasteiger partial charge in [0.05, 0.1) is 39.6 Å². The Morgan fingerprint density at radius 3 is 1.32 bits per heavy atom. The van der Waals surface area contributed by atoms with Crippen molar-refractivity contribution in [3.05, 3.63) is 0 Å². The second-order valence-electron chi connectivity index (χ2n) is 3.68. The third-order valence-corrected chi connectivity index (χ3v) is 5.01. The smallest absolute Gasteiger partial charge is 0.396 e. The molecule has 0 amide bonds. The van der Waals surface area contributed by atoms with Crippen molar-refractivity contribution in [1.82, 2.24) is 0 Å². The largest absolute Gasteiger partial charge is 0.503 e. The summed E-state index contributed by atoms with van der Waals surface area (Å²) in [4.78, 5) is 0. The van der Waals surface area contributed by atoms with Crippen LogP contribution < -0.4 is 0 Å². The van der Waals surface area contributed by atoms with E-state index in [9.17, 15) is 5.11 Å². The molecule has 0 aromatic rings. The standard InChI is InChI=1S/C11H26O7Si/c1-13-5-8-16-19(11-4-12,17-9-6-14-2)18-10-7-15-3/h12H,4-11H2,1-3H3. The van der Waals surface area contributed by atoms with E-state index in [0.29, 0.717) is 45.7 Å². The Hall–Kier alpha value is -0.0631. The topological polar surface area (TPSA) is 75.6 Å². The Kier molecular flexibility index (Phi) is 12.9. The molecule has 7 nitrogen and oxygen atoms in total. The van der Waals surface area contributed by atoms with E-state index in [1.165, 1.54) is 0 Å². The Balaban J connectivity index is 4.37. The van der Waals surface area contributed by atoms with Crippen LogP contribution in [-0.2, 0) is 27.5 Å². The monoisotopic (exact) mass is 298 g/mol. The van der Waals surface area contributed by atoms with Gasteiger partial charge in [-0.2, -0.15) is 0 Å². The minimum Gasteiger partial charge on any atom is -0.396 e. The van der Waals surface area contributed by atoms with Crippen LogP contribution in [0.3, 0.4) is 0 Å². The molecule has 0 aliphatic heterocycles. The molecule has 0 saturated carbocycles. The van der Waals surface area contributed by atoms with Gasteiger partial charge in [-0.05, 0) is 0 Å². The molecule has 0 fully saturated rings. The molecule has 0 radical (unpaired) electrons. The van der Waals surface area contributed by atoms with Crippen molar-refractivity contribution in [1.29, 1.82) is 0 Å². The first-order chi connectivity index (χ1) is 9.24. The second-order valence-corrected chi connectivity index (χ2v) is 6.41. The summed E-state index contributed by atoms with van der Waals surface area (Å²) in [5.41, 5.74) is 0. The maximum Gasteiger partial charge on any atom is 0.503 e. The van der Waals surface area contributed by atoms with Crippen LogP contribution in [0.15, 0.2) is 0 Å². The summed E-state index contributed by atoms with van der Waals surface area (Å²) in [6, 6.07) is 0.337. The first kappa shape index (κ1) is 18.9. The van der Waals surface area contributed by atoms with Crippen molar-refractivity contribution in [2.24, 2.45) is 0 Å². The first-order valence-corrected chi connectivity index (χ1v) is 8.17. The number of methoxy groups -OCH3 is 3. The maximum atomic E-state index is 9.17. The number of rotatable bonds is 14. The lowest BCUT2D eigenvalue weighted by atomic mass is 10.8. The predicted octanol–water partition coefficient (Wildman–Crippen LogP) is -0.0934. The van der Waals surface area contributed by atoms with Gasteiger partial charge in [-0.1, -0.05) is 0 Å². The molecule has 0 aromatic heterocycles. The van der Waals surface area contributed by atoms with Gasteiger partial charge in [-0.3, -0.25) is 0 Å². The number of aliphatic hydroxyl groups is 1. The average molecular weight is 298 g/mol. The summed E-state index contributed by atoms with van der Waals surface area (Å²) in [6.07, 6.45) is 0. The predicted molar refractivity (Wildman–Crippen MR) is 71.1 cm³/mol. The number of aliphatic hydroxyl groups excluding tert-OH is 1. The summed E-state index contributed by atoms with van der Waals surface area (Å²) >= 11 is 0. The van der Waals surface area contributed by atoms with E-state index in [2.05, 4.69) is 0 Å². The van der Waals surface area contributed by atoms with Crippen LogP contribution in [-0.4, -0.2) is 81.5 Å². The van der Waals surface area contributed by atoms with Gasteiger partial charge in [0.15, 0.2) is 0 Å².